The Labute approximate surface area is 152 Å². The third kappa shape index (κ3) is 3.59. The summed E-state index contributed by atoms with van der Waals surface area (Å²) >= 11 is 3.33. The zero-order chi connectivity index (χ0) is 17.8. The molecule has 7 heteroatoms. The average Bonchev–Trinajstić information content (AvgIpc) is 2.63. The number of hydrogen-bond acceptors (Lipinski definition) is 4. The topological polar surface area (TPSA) is 79.0 Å². The lowest BCUT2D eigenvalue weighted by Crippen LogP contribution is -2.37. The molecule has 25 heavy (non-hydrogen) atoms. The molecule has 0 atom stereocenters. The van der Waals surface area contributed by atoms with Crippen molar-refractivity contribution in [3.8, 4) is 6.07 Å². The Balaban J connectivity index is 1.94. The molecule has 0 unspecified atom stereocenters. The summed E-state index contributed by atoms with van der Waals surface area (Å²) in [4.78, 5) is 30.8. The Morgan fingerprint density at radius 2 is 2.00 bits per heavy atom. The Hall–Kier alpha value is -2.98. The van der Waals surface area contributed by atoms with Crippen LogP contribution in [0.4, 0.5) is 5.69 Å². The number of carbonyl (C=O) groups is 1. The number of anilines is 1. The van der Waals surface area contributed by atoms with Crippen molar-refractivity contribution >= 4 is 38.4 Å². The number of benzene rings is 2. The van der Waals surface area contributed by atoms with Crippen LogP contribution < -0.4 is 10.5 Å². The minimum Gasteiger partial charge on any atom is -0.297 e. The number of fused-ring (bicyclic) bond motifs is 1. The minimum atomic E-state index is -0.356. The normalized spacial score (nSPS) is 10.4. The number of nitriles is 1. The SMILES string of the molecule is N#CCN(C(=O)Cn1cnc2ccc(Br)cc2c1=O)c1ccccc1. The van der Waals surface area contributed by atoms with Crippen molar-refractivity contribution in [3.63, 3.8) is 0 Å². The molecule has 0 aliphatic heterocycles. The molecule has 1 heterocycles. The molecule has 3 rings (SSSR count). The molecule has 1 aromatic heterocycles. The Morgan fingerprint density at radius 1 is 1.24 bits per heavy atom. The van der Waals surface area contributed by atoms with Crippen molar-refractivity contribution in [1.29, 1.82) is 5.26 Å². The monoisotopic (exact) mass is 396 g/mol. The van der Waals surface area contributed by atoms with Crippen LogP contribution in [0.5, 0.6) is 0 Å². The van der Waals surface area contributed by atoms with E-state index in [0.717, 1.165) is 4.47 Å². The van der Waals surface area contributed by atoms with Gasteiger partial charge >= 0.3 is 0 Å². The van der Waals surface area contributed by atoms with Crippen molar-refractivity contribution in [2.75, 3.05) is 11.4 Å². The second kappa shape index (κ2) is 7.28. The summed E-state index contributed by atoms with van der Waals surface area (Å²) in [6, 6.07) is 16.1. The zero-order valence-electron chi connectivity index (χ0n) is 13.1. The molecule has 124 valence electrons. The highest BCUT2D eigenvalue weighted by atomic mass is 79.9. The number of hydrogen-bond donors (Lipinski definition) is 0. The van der Waals surface area contributed by atoms with E-state index in [1.807, 2.05) is 12.1 Å². The summed E-state index contributed by atoms with van der Waals surface area (Å²) in [5, 5.41) is 9.44. The molecule has 0 spiro atoms. The summed E-state index contributed by atoms with van der Waals surface area (Å²) in [5.41, 5.74) is 0.872. The van der Waals surface area contributed by atoms with E-state index >= 15 is 0 Å². The highest BCUT2D eigenvalue weighted by Crippen LogP contribution is 2.16. The molecule has 0 saturated carbocycles. The second-order valence-electron chi connectivity index (χ2n) is 5.31. The van der Waals surface area contributed by atoms with Crippen LogP contribution >= 0.6 is 15.9 Å². The maximum Gasteiger partial charge on any atom is 0.261 e. The molecule has 0 radical (unpaired) electrons. The Morgan fingerprint density at radius 3 is 2.72 bits per heavy atom. The van der Waals surface area contributed by atoms with Crippen molar-refractivity contribution in [1.82, 2.24) is 9.55 Å². The lowest BCUT2D eigenvalue weighted by molar-refractivity contribution is -0.119. The van der Waals surface area contributed by atoms with Crippen molar-refractivity contribution in [2.45, 2.75) is 6.54 Å². The second-order valence-corrected chi connectivity index (χ2v) is 6.23. The molecule has 0 fully saturated rings. The predicted molar refractivity (Wildman–Crippen MR) is 98.1 cm³/mol. The fraction of sp³-hybridized carbons (Fsp3) is 0.111. The number of halogens is 1. The summed E-state index contributed by atoms with van der Waals surface area (Å²) in [7, 11) is 0. The number of amides is 1. The Bertz CT molecular complexity index is 1020. The van der Waals surface area contributed by atoms with E-state index in [0.29, 0.717) is 16.6 Å². The molecule has 0 bridgehead atoms. The third-order valence-corrected chi connectivity index (χ3v) is 4.18. The summed E-state index contributed by atoms with van der Waals surface area (Å²) < 4.78 is 2.02. The molecule has 1 amide bonds. The largest absolute Gasteiger partial charge is 0.297 e. The van der Waals surface area contributed by atoms with Gasteiger partial charge in [-0.05, 0) is 30.3 Å². The van der Waals surface area contributed by atoms with Crippen LogP contribution in [0.3, 0.4) is 0 Å². The molecule has 6 nitrogen and oxygen atoms in total. The number of para-hydroxylation sites is 1. The van der Waals surface area contributed by atoms with Crippen molar-refractivity contribution in [2.24, 2.45) is 0 Å². The molecule has 2 aromatic carbocycles. The highest BCUT2D eigenvalue weighted by molar-refractivity contribution is 9.10. The maximum atomic E-state index is 12.6. The van der Waals surface area contributed by atoms with Crippen LogP contribution in [0.1, 0.15) is 0 Å². The summed E-state index contributed by atoms with van der Waals surface area (Å²) in [5.74, 6) is -0.356. The lowest BCUT2D eigenvalue weighted by Gasteiger charge is -2.20. The summed E-state index contributed by atoms with van der Waals surface area (Å²) in [6.07, 6.45) is 1.35. The van der Waals surface area contributed by atoms with Gasteiger partial charge in [0.25, 0.3) is 5.56 Å². The molecular weight excluding hydrogens is 384 g/mol. The first-order valence-corrected chi connectivity index (χ1v) is 8.26. The van der Waals surface area contributed by atoms with Crippen LogP contribution in [0.25, 0.3) is 10.9 Å². The fourth-order valence-electron chi connectivity index (χ4n) is 2.48. The van der Waals surface area contributed by atoms with E-state index in [9.17, 15) is 9.59 Å². The Kier molecular flexibility index (Phi) is 4.91. The quantitative estimate of drug-likeness (QED) is 0.635. The first kappa shape index (κ1) is 16.9. The lowest BCUT2D eigenvalue weighted by atomic mass is 10.2. The van der Waals surface area contributed by atoms with Gasteiger partial charge in [0.15, 0.2) is 0 Å². The first-order valence-electron chi connectivity index (χ1n) is 7.47. The zero-order valence-corrected chi connectivity index (χ0v) is 14.7. The van der Waals surface area contributed by atoms with Crippen LogP contribution in [0, 0.1) is 11.3 Å². The van der Waals surface area contributed by atoms with Gasteiger partial charge in [0.1, 0.15) is 13.1 Å². The van der Waals surface area contributed by atoms with Gasteiger partial charge in [0, 0.05) is 10.2 Å². The van der Waals surface area contributed by atoms with E-state index in [-0.39, 0.29) is 24.6 Å². The molecular formula is C18H13BrN4O2. The van der Waals surface area contributed by atoms with Crippen LogP contribution in [-0.2, 0) is 11.3 Å². The van der Waals surface area contributed by atoms with E-state index in [4.69, 9.17) is 5.26 Å². The molecule has 3 aromatic rings. The standard InChI is InChI=1S/C18H13BrN4O2/c19-13-6-7-16-15(10-13)18(25)22(12-21-16)11-17(24)23(9-8-20)14-4-2-1-3-5-14/h1-7,10,12H,9,11H2. The summed E-state index contributed by atoms with van der Waals surface area (Å²) in [6.45, 7) is -0.283. The minimum absolute atomic E-state index is 0.0931. The van der Waals surface area contributed by atoms with Crippen LogP contribution in [-0.4, -0.2) is 22.0 Å². The number of carbonyl (C=O) groups excluding carboxylic acids is 1. The highest BCUT2D eigenvalue weighted by Gasteiger charge is 2.17. The van der Waals surface area contributed by atoms with Gasteiger partial charge in [0.05, 0.1) is 23.3 Å². The molecule has 0 saturated heterocycles. The van der Waals surface area contributed by atoms with Gasteiger partial charge < -0.3 is 0 Å². The number of aromatic nitrogens is 2. The molecule has 0 aliphatic rings. The maximum absolute atomic E-state index is 12.6. The van der Waals surface area contributed by atoms with Crippen molar-refractivity contribution < 1.29 is 4.79 Å². The van der Waals surface area contributed by atoms with E-state index in [1.165, 1.54) is 15.8 Å². The third-order valence-electron chi connectivity index (χ3n) is 3.69. The van der Waals surface area contributed by atoms with Crippen LogP contribution in [0.2, 0.25) is 0 Å². The number of nitrogens with zero attached hydrogens (tertiary/aromatic N) is 4. The first-order chi connectivity index (χ1) is 12.1. The van der Waals surface area contributed by atoms with Crippen LogP contribution in [0.15, 0.2) is 64.1 Å². The predicted octanol–water partition coefficient (Wildman–Crippen LogP) is 2.72. The molecule has 0 N–H and O–H groups in total. The van der Waals surface area contributed by atoms with Gasteiger partial charge in [-0.25, -0.2) is 4.98 Å². The van der Waals surface area contributed by atoms with E-state index in [2.05, 4.69) is 20.9 Å². The van der Waals surface area contributed by atoms with Gasteiger partial charge in [-0.15, -0.1) is 0 Å². The number of rotatable bonds is 4. The molecule has 0 aliphatic carbocycles. The smallest absolute Gasteiger partial charge is 0.261 e. The fourth-order valence-corrected chi connectivity index (χ4v) is 2.84. The van der Waals surface area contributed by atoms with Crippen molar-refractivity contribution in [3.05, 3.63) is 69.7 Å². The van der Waals surface area contributed by atoms with E-state index in [1.54, 1.807) is 42.5 Å². The average molecular weight is 397 g/mol. The van der Waals surface area contributed by atoms with Gasteiger partial charge in [-0.2, -0.15) is 5.26 Å². The van der Waals surface area contributed by atoms with Gasteiger partial charge in [0.2, 0.25) is 5.91 Å². The van der Waals surface area contributed by atoms with Gasteiger partial charge in [-0.1, -0.05) is 34.1 Å². The van der Waals surface area contributed by atoms with E-state index < -0.39 is 0 Å². The van der Waals surface area contributed by atoms with Gasteiger partial charge in [-0.3, -0.25) is 19.1 Å².